The molecule has 0 aliphatic heterocycles. The van der Waals surface area contributed by atoms with Crippen molar-refractivity contribution in [3.05, 3.63) is 53.1 Å². The number of methoxy groups -OCH3 is 1. The molecule has 0 fully saturated rings. The molecule has 1 aliphatic carbocycles. The molecular formula is C29H38O7. The first-order valence-electron chi connectivity index (χ1n) is 12.3. The average Bonchev–Trinajstić information content (AvgIpc) is 2.76. The Morgan fingerprint density at radius 1 is 1.00 bits per heavy atom. The van der Waals surface area contributed by atoms with Crippen molar-refractivity contribution < 1.29 is 33.3 Å². The Hall–Kier alpha value is -3.35. The standard InChI is InChI=1S/C29H38O7/c1-18(2)29-26(35-22(6)31)15-19(3)9-8-10-20(4)16-27(29)36-28(32)14-12-23-11-13-24(34-21(5)30)25(17-23)33-7/h10-15,17-18,26-27,29H,8-9,16H2,1-7H3. The van der Waals surface area contributed by atoms with E-state index in [4.69, 9.17) is 18.9 Å². The van der Waals surface area contributed by atoms with Gasteiger partial charge in [0.25, 0.3) is 0 Å². The van der Waals surface area contributed by atoms with Crippen LogP contribution in [0, 0.1) is 11.8 Å². The molecule has 1 aromatic carbocycles. The summed E-state index contributed by atoms with van der Waals surface area (Å²) in [5, 5.41) is 0. The maximum absolute atomic E-state index is 12.9. The van der Waals surface area contributed by atoms with Crippen molar-refractivity contribution in [1.82, 2.24) is 0 Å². The largest absolute Gasteiger partial charge is 0.493 e. The summed E-state index contributed by atoms with van der Waals surface area (Å²) in [6, 6.07) is 4.98. The minimum Gasteiger partial charge on any atom is -0.493 e. The summed E-state index contributed by atoms with van der Waals surface area (Å²) in [4.78, 5) is 36.1. The van der Waals surface area contributed by atoms with Crippen molar-refractivity contribution in [2.45, 2.75) is 73.0 Å². The predicted molar refractivity (Wildman–Crippen MR) is 138 cm³/mol. The first-order chi connectivity index (χ1) is 17.0. The molecule has 0 bridgehead atoms. The SMILES string of the molecule is COc1cc(C=CC(=O)OC2CC(C)=CCCC(C)=CC(OC(C)=O)C2C(C)C)ccc1OC(C)=O. The molecule has 7 heteroatoms. The van der Waals surface area contributed by atoms with E-state index < -0.39 is 24.1 Å². The Balaban J connectivity index is 2.31. The minimum atomic E-state index is -0.499. The minimum absolute atomic E-state index is 0.0884. The van der Waals surface area contributed by atoms with Crippen LogP contribution in [0.2, 0.25) is 0 Å². The highest BCUT2D eigenvalue weighted by Gasteiger charge is 2.36. The normalized spacial score (nSPS) is 20.8. The lowest BCUT2D eigenvalue weighted by atomic mass is 9.81. The van der Waals surface area contributed by atoms with Crippen LogP contribution in [0.1, 0.15) is 66.4 Å². The van der Waals surface area contributed by atoms with Gasteiger partial charge in [-0.05, 0) is 62.5 Å². The zero-order chi connectivity index (χ0) is 26.8. The molecule has 0 spiro atoms. The summed E-state index contributed by atoms with van der Waals surface area (Å²) in [6.07, 6.45) is 8.48. The molecular weight excluding hydrogens is 460 g/mol. The summed E-state index contributed by atoms with van der Waals surface area (Å²) < 4.78 is 22.1. The van der Waals surface area contributed by atoms with Crippen LogP contribution in [0.15, 0.2) is 47.6 Å². The van der Waals surface area contributed by atoms with Crippen molar-refractivity contribution in [3.8, 4) is 11.5 Å². The lowest BCUT2D eigenvalue weighted by molar-refractivity contribution is -0.156. The number of allylic oxidation sites excluding steroid dienone is 2. The number of benzene rings is 1. The molecule has 0 radical (unpaired) electrons. The Kier molecular flexibility index (Phi) is 11.0. The molecule has 0 saturated carbocycles. The van der Waals surface area contributed by atoms with Gasteiger partial charge in [-0.1, -0.05) is 37.1 Å². The first-order valence-corrected chi connectivity index (χ1v) is 12.3. The van der Waals surface area contributed by atoms with E-state index in [1.54, 1.807) is 24.3 Å². The van der Waals surface area contributed by atoms with E-state index in [1.165, 1.54) is 27.0 Å². The smallest absolute Gasteiger partial charge is 0.331 e. The average molecular weight is 499 g/mol. The van der Waals surface area contributed by atoms with Gasteiger partial charge in [-0.15, -0.1) is 0 Å². The van der Waals surface area contributed by atoms with Crippen LogP contribution in [0.25, 0.3) is 6.08 Å². The van der Waals surface area contributed by atoms with Crippen LogP contribution in [0.3, 0.4) is 0 Å². The highest BCUT2D eigenvalue weighted by Crippen LogP contribution is 2.32. The van der Waals surface area contributed by atoms with Crippen LogP contribution in [0.4, 0.5) is 0 Å². The van der Waals surface area contributed by atoms with E-state index in [0.717, 1.165) is 24.0 Å². The topological polar surface area (TPSA) is 88.1 Å². The van der Waals surface area contributed by atoms with Crippen molar-refractivity contribution in [2.24, 2.45) is 11.8 Å². The number of esters is 3. The third-order valence-corrected chi connectivity index (χ3v) is 6.00. The lowest BCUT2D eigenvalue weighted by Gasteiger charge is -2.35. The number of hydrogen-bond donors (Lipinski definition) is 0. The van der Waals surface area contributed by atoms with E-state index in [1.807, 2.05) is 33.8 Å². The van der Waals surface area contributed by atoms with Crippen molar-refractivity contribution >= 4 is 24.0 Å². The van der Waals surface area contributed by atoms with Gasteiger partial charge in [-0.2, -0.15) is 0 Å². The van der Waals surface area contributed by atoms with E-state index in [0.29, 0.717) is 23.5 Å². The van der Waals surface area contributed by atoms with Gasteiger partial charge in [0.1, 0.15) is 12.2 Å². The Morgan fingerprint density at radius 3 is 2.33 bits per heavy atom. The highest BCUT2D eigenvalue weighted by molar-refractivity contribution is 5.87. The number of carbonyl (C=O) groups excluding carboxylic acids is 3. The molecule has 36 heavy (non-hydrogen) atoms. The summed E-state index contributed by atoms with van der Waals surface area (Å²) in [7, 11) is 1.47. The third-order valence-electron chi connectivity index (χ3n) is 6.00. The maximum atomic E-state index is 12.9. The molecule has 2 rings (SSSR count). The summed E-state index contributed by atoms with van der Waals surface area (Å²) in [5.41, 5.74) is 2.94. The molecule has 0 saturated heterocycles. The van der Waals surface area contributed by atoms with Gasteiger partial charge < -0.3 is 18.9 Å². The molecule has 7 nitrogen and oxygen atoms in total. The van der Waals surface area contributed by atoms with Crippen LogP contribution < -0.4 is 9.47 Å². The monoisotopic (exact) mass is 498 g/mol. The van der Waals surface area contributed by atoms with Gasteiger partial charge in [-0.3, -0.25) is 9.59 Å². The third kappa shape index (κ3) is 9.02. The van der Waals surface area contributed by atoms with E-state index >= 15 is 0 Å². The summed E-state index contributed by atoms with van der Waals surface area (Å²) in [5.74, 6) is -0.771. The zero-order valence-corrected chi connectivity index (χ0v) is 22.3. The van der Waals surface area contributed by atoms with E-state index in [2.05, 4.69) is 6.08 Å². The van der Waals surface area contributed by atoms with Crippen LogP contribution in [-0.4, -0.2) is 37.2 Å². The molecule has 196 valence electrons. The second kappa shape index (κ2) is 13.7. The Labute approximate surface area is 214 Å². The van der Waals surface area contributed by atoms with Crippen LogP contribution >= 0.6 is 0 Å². The summed E-state index contributed by atoms with van der Waals surface area (Å²) >= 11 is 0. The number of hydrogen-bond acceptors (Lipinski definition) is 7. The number of ether oxygens (including phenoxy) is 4. The van der Waals surface area contributed by atoms with Gasteiger partial charge in [0, 0.05) is 32.3 Å². The van der Waals surface area contributed by atoms with Gasteiger partial charge in [0.2, 0.25) is 0 Å². The van der Waals surface area contributed by atoms with Crippen molar-refractivity contribution in [1.29, 1.82) is 0 Å². The fraction of sp³-hybridized carbons (Fsp3) is 0.483. The molecule has 0 N–H and O–H groups in total. The molecule has 1 aliphatic rings. The van der Waals surface area contributed by atoms with E-state index in [9.17, 15) is 14.4 Å². The molecule has 0 heterocycles. The van der Waals surface area contributed by atoms with Gasteiger partial charge in [0.05, 0.1) is 7.11 Å². The lowest BCUT2D eigenvalue weighted by Crippen LogP contribution is -2.40. The predicted octanol–water partition coefficient (Wildman–Crippen LogP) is 5.83. The molecule has 1 aromatic rings. The van der Waals surface area contributed by atoms with Gasteiger partial charge in [-0.25, -0.2) is 4.79 Å². The van der Waals surface area contributed by atoms with Crippen LogP contribution in [0.5, 0.6) is 11.5 Å². The number of carbonyl (C=O) groups is 3. The maximum Gasteiger partial charge on any atom is 0.331 e. The number of rotatable bonds is 7. The summed E-state index contributed by atoms with van der Waals surface area (Å²) in [6.45, 7) is 10.9. The van der Waals surface area contributed by atoms with E-state index in [-0.39, 0.29) is 17.8 Å². The zero-order valence-electron chi connectivity index (χ0n) is 22.3. The fourth-order valence-corrected chi connectivity index (χ4v) is 4.38. The first kappa shape index (κ1) is 28.9. The quantitative estimate of drug-likeness (QED) is 0.202. The van der Waals surface area contributed by atoms with Gasteiger partial charge in [0.15, 0.2) is 11.5 Å². The second-order valence-corrected chi connectivity index (χ2v) is 9.51. The molecule has 3 atom stereocenters. The molecule has 3 unspecified atom stereocenters. The molecule has 0 amide bonds. The van der Waals surface area contributed by atoms with Crippen LogP contribution in [-0.2, 0) is 23.9 Å². The van der Waals surface area contributed by atoms with Crippen molar-refractivity contribution in [3.63, 3.8) is 0 Å². The fourth-order valence-electron chi connectivity index (χ4n) is 4.38. The molecule has 0 aromatic heterocycles. The highest BCUT2D eigenvalue weighted by atomic mass is 16.6. The van der Waals surface area contributed by atoms with Gasteiger partial charge >= 0.3 is 17.9 Å². The Bertz CT molecular complexity index is 1030. The second-order valence-electron chi connectivity index (χ2n) is 9.51. The Morgan fingerprint density at radius 2 is 1.72 bits per heavy atom. The van der Waals surface area contributed by atoms with Crippen molar-refractivity contribution in [2.75, 3.05) is 7.11 Å².